The first-order chi connectivity index (χ1) is 10.5. The minimum atomic E-state index is -2.82. The van der Waals surface area contributed by atoms with Crippen LogP contribution in [-0.4, -0.2) is 30.6 Å². The SMILES string of the molecule is CCN(CC)C(=O)NC1CCCc2cc(OC(F)F)ccc21. The Morgan fingerprint density at radius 2 is 2.14 bits per heavy atom. The van der Waals surface area contributed by atoms with Crippen LogP contribution >= 0.6 is 0 Å². The Morgan fingerprint density at radius 3 is 2.77 bits per heavy atom. The van der Waals surface area contributed by atoms with E-state index in [1.807, 2.05) is 13.8 Å². The number of aryl methyl sites for hydroxylation is 1. The number of urea groups is 1. The van der Waals surface area contributed by atoms with Crippen molar-refractivity contribution in [2.24, 2.45) is 0 Å². The second-order valence-corrected chi connectivity index (χ2v) is 5.31. The number of carbonyl (C=O) groups excluding carboxylic acids is 1. The fraction of sp³-hybridized carbons (Fsp3) is 0.562. The summed E-state index contributed by atoms with van der Waals surface area (Å²) in [5.74, 6) is 0.171. The molecule has 1 aromatic rings. The van der Waals surface area contributed by atoms with Crippen molar-refractivity contribution in [1.29, 1.82) is 0 Å². The summed E-state index contributed by atoms with van der Waals surface area (Å²) in [5.41, 5.74) is 1.96. The van der Waals surface area contributed by atoms with Crippen molar-refractivity contribution >= 4 is 6.03 Å². The number of ether oxygens (including phenoxy) is 1. The van der Waals surface area contributed by atoms with Crippen molar-refractivity contribution in [1.82, 2.24) is 10.2 Å². The lowest BCUT2D eigenvalue weighted by Gasteiger charge is -2.29. The van der Waals surface area contributed by atoms with Crippen LogP contribution in [-0.2, 0) is 6.42 Å². The summed E-state index contributed by atoms with van der Waals surface area (Å²) in [6, 6.07) is 4.80. The molecule has 122 valence electrons. The standard InChI is InChI=1S/C16H22F2N2O2/c1-3-20(4-2)16(21)19-14-7-5-6-11-10-12(22-15(17)18)8-9-13(11)14/h8-10,14-15H,3-7H2,1-2H3,(H,19,21). The van der Waals surface area contributed by atoms with Crippen molar-refractivity contribution in [2.45, 2.75) is 45.8 Å². The second kappa shape index (κ2) is 7.42. The molecule has 0 aliphatic heterocycles. The van der Waals surface area contributed by atoms with Crippen molar-refractivity contribution in [2.75, 3.05) is 13.1 Å². The third kappa shape index (κ3) is 3.87. The van der Waals surface area contributed by atoms with Gasteiger partial charge in [-0.05, 0) is 56.4 Å². The average Bonchev–Trinajstić information content (AvgIpc) is 2.48. The molecule has 2 amide bonds. The van der Waals surface area contributed by atoms with Gasteiger partial charge in [-0.2, -0.15) is 8.78 Å². The zero-order valence-corrected chi connectivity index (χ0v) is 12.9. The van der Waals surface area contributed by atoms with Crippen LogP contribution in [0.2, 0.25) is 0 Å². The number of carbonyl (C=O) groups is 1. The number of amides is 2. The van der Waals surface area contributed by atoms with Crippen LogP contribution in [0.25, 0.3) is 0 Å². The van der Waals surface area contributed by atoms with Crippen molar-refractivity contribution in [3.8, 4) is 5.75 Å². The maximum absolute atomic E-state index is 12.3. The van der Waals surface area contributed by atoms with Gasteiger partial charge in [-0.3, -0.25) is 0 Å². The summed E-state index contributed by atoms with van der Waals surface area (Å²) >= 11 is 0. The van der Waals surface area contributed by atoms with Gasteiger partial charge in [-0.1, -0.05) is 6.07 Å². The summed E-state index contributed by atoms with van der Waals surface area (Å²) in [5, 5.41) is 3.04. The van der Waals surface area contributed by atoms with E-state index in [1.165, 1.54) is 6.07 Å². The Labute approximate surface area is 129 Å². The molecule has 22 heavy (non-hydrogen) atoms. The number of benzene rings is 1. The van der Waals surface area contributed by atoms with E-state index in [0.29, 0.717) is 13.1 Å². The molecule has 4 nitrogen and oxygen atoms in total. The van der Waals surface area contributed by atoms with Gasteiger partial charge in [0, 0.05) is 13.1 Å². The Balaban J connectivity index is 2.13. The molecule has 1 aliphatic carbocycles. The number of alkyl halides is 2. The summed E-state index contributed by atoms with van der Waals surface area (Å²) in [6.07, 6.45) is 2.58. The lowest BCUT2D eigenvalue weighted by atomic mass is 9.87. The molecule has 1 unspecified atom stereocenters. The monoisotopic (exact) mass is 312 g/mol. The summed E-state index contributed by atoms with van der Waals surface area (Å²) < 4.78 is 29.0. The molecule has 0 aromatic heterocycles. The van der Waals surface area contributed by atoms with Crippen molar-refractivity contribution in [3.05, 3.63) is 29.3 Å². The maximum atomic E-state index is 12.3. The molecule has 0 fully saturated rings. The molecule has 2 rings (SSSR count). The molecule has 0 saturated heterocycles. The molecule has 1 aliphatic rings. The van der Waals surface area contributed by atoms with Gasteiger partial charge in [0.15, 0.2) is 0 Å². The molecule has 6 heteroatoms. The normalized spacial score (nSPS) is 17.0. The molecule has 1 N–H and O–H groups in total. The van der Waals surface area contributed by atoms with Crippen LogP contribution in [0.4, 0.5) is 13.6 Å². The topological polar surface area (TPSA) is 41.6 Å². The molecular formula is C16H22F2N2O2. The van der Waals surface area contributed by atoms with E-state index >= 15 is 0 Å². The first-order valence-electron chi connectivity index (χ1n) is 7.68. The number of hydrogen-bond acceptors (Lipinski definition) is 2. The zero-order chi connectivity index (χ0) is 16.1. The average molecular weight is 312 g/mol. The van der Waals surface area contributed by atoms with E-state index < -0.39 is 6.61 Å². The van der Waals surface area contributed by atoms with Gasteiger partial charge in [-0.25, -0.2) is 4.79 Å². The highest BCUT2D eigenvalue weighted by Gasteiger charge is 2.24. The first kappa shape index (κ1) is 16.5. The number of fused-ring (bicyclic) bond motifs is 1. The fourth-order valence-corrected chi connectivity index (χ4v) is 2.87. The minimum absolute atomic E-state index is 0.0718. The number of rotatable bonds is 5. The number of halogens is 2. The van der Waals surface area contributed by atoms with Gasteiger partial charge in [0.2, 0.25) is 0 Å². The largest absolute Gasteiger partial charge is 0.435 e. The van der Waals surface area contributed by atoms with E-state index in [0.717, 1.165) is 30.4 Å². The number of hydrogen-bond donors (Lipinski definition) is 1. The van der Waals surface area contributed by atoms with Crippen molar-refractivity contribution in [3.63, 3.8) is 0 Å². The van der Waals surface area contributed by atoms with Crippen LogP contribution < -0.4 is 10.1 Å². The number of nitrogens with one attached hydrogen (secondary N) is 1. The fourth-order valence-electron chi connectivity index (χ4n) is 2.87. The lowest BCUT2D eigenvalue weighted by molar-refractivity contribution is -0.0499. The molecule has 0 heterocycles. The van der Waals surface area contributed by atoms with Gasteiger partial charge >= 0.3 is 12.6 Å². The third-order valence-electron chi connectivity index (χ3n) is 4.00. The van der Waals surface area contributed by atoms with Crippen LogP contribution in [0.3, 0.4) is 0 Å². The van der Waals surface area contributed by atoms with Gasteiger partial charge in [-0.15, -0.1) is 0 Å². The smallest absolute Gasteiger partial charge is 0.387 e. The van der Waals surface area contributed by atoms with Gasteiger partial charge in [0.05, 0.1) is 6.04 Å². The van der Waals surface area contributed by atoms with Gasteiger partial charge < -0.3 is 15.0 Å². The van der Waals surface area contributed by atoms with E-state index in [2.05, 4.69) is 10.1 Å². The van der Waals surface area contributed by atoms with Crippen molar-refractivity contribution < 1.29 is 18.3 Å². The van der Waals surface area contributed by atoms with E-state index in [-0.39, 0.29) is 17.8 Å². The maximum Gasteiger partial charge on any atom is 0.387 e. The highest BCUT2D eigenvalue weighted by Crippen LogP contribution is 2.32. The quantitative estimate of drug-likeness (QED) is 0.900. The highest BCUT2D eigenvalue weighted by molar-refractivity contribution is 5.74. The molecule has 0 saturated carbocycles. The second-order valence-electron chi connectivity index (χ2n) is 5.31. The molecule has 1 atom stereocenters. The summed E-state index contributed by atoms with van der Waals surface area (Å²) in [4.78, 5) is 13.9. The van der Waals surface area contributed by atoms with Crippen LogP contribution in [0, 0.1) is 0 Å². The van der Waals surface area contributed by atoms with E-state index in [4.69, 9.17) is 0 Å². The summed E-state index contributed by atoms with van der Waals surface area (Å²) in [7, 11) is 0. The van der Waals surface area contributed by atoms with Gasteiger partial charge in [0.1, 0.15) is 5.75 Å². The first-order valence-corrected chi connectivity index (χ1v) is 7.68. The van der Waals surface area contributed by atoms with E-state index in [1.54, 1.807) is 17.0 Å². The van der Waals surface area contributed by atoms with Crippen LogP contribution in [0.5, 0.6) is 5.75 Å². The Bertz CT molecular complexity index is 519. The number of nitrogens with zero attached hydrogens (tertiary/aromatic N) is 1. The molecule has 1 aromatic carbocycles. The minimum Gasteiger partial charge on any atom is -0.435 e. The highest BCUT2D eigenvalue weighted by atomic mass is 19.3. The third-order valence-corrected chi connectivity index (χ3v) is 4.00. The molecule has 0 radical (unpaired) electrons. The zero-order valence-electron chi connectivity index (χ0n) is 12.9. The molecule has 0 bridgehead atoms. The predicted molar refractivity (Wildman–Crippen MR) is 80.2 cm³/mol. The lowest BCUT2D eigenvalue weighted by Crippen LogP contribution is -2.42. The van der Waals surface area contributed by atoms with Gasteiger partial charge in [0.25, 0.3) is 0 Å². The Kier molecular flexibility index (Phi) is 5.57. The molecule has 0 spiro atoms. The molecular weight excluding hydrogens is 290 g/mol. The van der Waals surface area contributed by atoms with Crippen LogP contribution in [0.1, 0.15) is 43.9 Å². The Morgan fingerprint density at radius 1 is 1.41 bits per heavy atom. The predicted octanol–water partition coefficient (Wildman–Crippen LogP) is 3.72. The van der Waals surface area contributed by atoms with E-state index in [9.17, 15) is 13.6 Å². The van der Waals surface area contributed by atoms with Crippen LogP contribution in [0.15, 0.2) is 18.2 Å². The Hall–Kier alpha value is -1.85. The summed E-state index contributed by atoms with van der Waals surface area (Å²) in [6.45, 7) is 2.36.